The largest absolute Gasteiger partial charge is 0.394 e. The molecule has 18 nitrogen and oxygen atoms in total. The Balaban J connectivity index is 1.46. The molecule has 44 heavy (non-hydrogen) atoms. The maximum atomic E-state index is 12.5. The third-order valence-corrected chi connectivity index (χ3v) is 9.04. The summed E-state index contributed by atoms with van der Waals surface area (Å²) in [6, 6.07) is -3.74. The van der Waals surface area contributed by atoms with Crippen molar-refractivity contribution >= 4 is 5.91 Å². The van der Waals surface area contributed by atoms with Crippen LogP contribution in [-0.2, 0) is 23.7 Å². The van der Waals surface area contributed by atoms with E-state index in [0.717, 1.165) is 19.4 Å². The minimum absolute atomic E-state index is 0.0323. The molecule has 4 aliphatic rings. The summed E-state index contributed by atoms with van der Waals surface area (Å²) in [5.74, 6) is -0.384. The van der Waals surface area contributed by atoms with Gasteiger partial charge in [-0.3, -0.25) is 4.79 Å². The fourth-order valence-electron chi connectivity index (χ4n) is 6.27. The number of nitrogens with one attached hydrogen (secondary N) is 2. The fraction of sp³-hybridized carbons (Fsp3) is 0.962. The van der Waals surface area contributed by atoms with Crippen molar-refractivity contribution in [2.24, 2.45) is 34.6 Å². The van der Waals surface area contributed by atoms with Crippen molar-refractivity contribution in [1.29, 1.82) is 0 Å². The number of aliphatic hydroxyl groups is 6. The number of hydrogen-bond donors (Lipinski definition) is 13. The monoisotopic (exact) mass is 637 g/mol. The molecule has 0 bridgehead atoms. The van der Waals surface area contributed by atoms with Crippen LogP contribution in [0.25, 0.3) is 0 Å². The Bertz CT molecular complexity index is 922. The molecule has 0 aromatic carbocycles. The van der Waals surface area contributed by atoms with Crippen molar-refractivity contribution in [3.8, 4) is 0 Å². The summed E-state index contributed by atoms with van der Waals surface area (Å²) in [5, 5.41) is 68.4. The van der Waals surface area contributed by atoms with Gasteiger partial charge in [-0.2, -0.15) is 0 Å². The lowest BCUT2D eigenvalue weighted by atomic mass is 9.81. The zero-order valence-electron chi connectivity index (χ0n) is 24.6. The van der Waals surface area contributed by atoms with Crippen molar-refractivity contribution < 1.29 is 54.4 Å². The van der Waals surface area contributed by atoms with Gasteiger partial charge in [-0.1, -0.05) is 0 Å². The third kappa shape index (κ3) is 8.21. The highest BCUT2D eigenvalue weighted by Gasteiger charge is 2.51. The van der Waals surface area contributed by atoms with E-state index in [1.54, 1.807) is 0 Å². The van der Waals surface area contributed by atoms with Crippen LogP contribution in [0.2, 0.25) is 0 Å². The summed E-state index contributed by atoms with van der Waals surface area (Å²) in [4.78, 5) is 12.5. The van der Waals surface area contributed by atoms with E-state index in [1.807, 2.05) is 0 Å². The Kier molecular flexibility index (Phi) is 12.7. The first-order chi connectivity index (χ1) is 20.8. The van der Waals surface area contributed by atoms with Gasteiger partial charge in [0.2, 0.25) is 5.91 Å². The molecule has 0 spiro atoms. The Morgan fingerprint density at radius 2 is 1.50 bits per heavy atom. The van der Waals surface area contributed by atoms with Crippen molar-refractivity contribution in [1.82, 2.24) is 10.6 Å². The van der Waals surface area contributed by atoms with Gasteiger partial charge in [0.05, 0.1) is 36.9 Å². The standard InChI is InChI=1S/C26H51N7O11/c27-5-15(36)24(40)33-13-3-11(29)22(21(39)23(13)44-26-20(38)18(31)19(37)17(8-34)42-26)43-25-12(30)4-14(35)16(41-25)7-32-6-9-1-10(28)2-9/h9-23,25-26,32,34-39H,1-8,27-31H2,(H,33,40)/t9?,10?,11-,12+,13+,14-,15-,16+,17+,18-,19+,20+,21-,22+,23-,25+,26+/m0/s1. The van der Waals surface area contributed by atoms with Crippen LogP contribution in [0.3, 0.4) is 0 Å². The number of carbonyl (C=O) groups is 1. The normalized spacial score (nSPS) is 47.1. The molecular formula is C26H51N7O11. The molecule has 256 valence electrons. The maximum Gasteiger partial charge on any atom is 0.250 e. The number of hydrogen-bond acceptors (Lipinski definition) is 17. The van der Waals surface area contributed by atoms with Gasteiger partial charge in [-0.15, -0.1) is 0 Å². The number of nitrogens with two attached hydrogens (primary N) is 5. The molecule has 0 radical (unpaired) electrons. The molecule has 0 unspecified atom stereocenters. The Labute approximate surface area is 255 Å². The van der Waals surface area contributed by atoms with Gasteiger partial charge in [0.1, 0.15) is 42.7 Å². The smallest absolute Gasteiger partial charge is 0.250 e. The van der Waals surface area contributed by atoms with Crippen molar-refractivity contribution in [3.63, 3.8) is 0 Å². The van der Waals surface area contributed by atoms with E-state index in [4.69, 9.17) is 47.6 Å². The first-order valence-corrected chi connectivity index (χ1v) is 15.2. The number of amides is 1. The summed E-state index contributed by atoms with van der Waals surface area (Å²) < 4.78 is 23.6. The van der Waals surface area contributed by atoms with Crippen LogP contribution >= 0.6 is 0 Å². The van der Waals surface area contributed by atoms with E-state index >= 15 is 0 Å². The van der Waals surface area contributed by atoms with Gasteiger partial charge >= 0.3 is 0 Å². The van der Waals surface area contributed by atoms with E-state index in [-0.39, 0.29) is 25.4 Å². The fourth-order valence-corrected chi connectivity index (χ4v) is 6.27. The Morgan fingerprint density at radius 1 is 0.841 bits per heavy atom. The number of ether oxygens (including phenoxy) is 4. The molecule has 1 amide bonds. The summed E-state index contributed by atoms with van der Waals surface area (Å²) in [6.45, 7) is 0.0486. The predicted octanol–water partition coefficient (Wildman–Crippen LogP) is -7.45. The lowest BCUT2D eigenvalue weighted by Gasteiger charge is -2.48. The average Bonchev–Trinajstić information content (AvgIpc) is 2.97. The van der Waals surface area contributed by atoms with Gasteiger partial charge < -0.3 is 88.9 Å². The minimum atomic E-state index is -1.58. The van der Waals surface area contributed by atoms with Crippen molar-refractivity contribution in [2.45, 2.75) is 123 Å². The predicted molar refractivity (Wildman–Crippen MR) is 152 cm³/mol. The molecule has 18 heteroatoms. The van der Waals surface area contributed by atoms with Crippen LogP contribution in [0, 0.1) is 5.92 Å². The zero-order valence-corrected chi connectivity index (χ0v) is 24.6. The average molecular weight is 638 g/mol. The highest BCUT2D eigenvalue weighted by atomic mass is 16.7. The second-order valence-electron chi connectivity index (χ2n) is 12.5. The Morgan fingerprint density at radius 3 is 2.14 bits per heavy atom. The van der Waals surface area contributed by atoms with Crippen LogP contribution in [0.5, 0.6) is 0 Å². The molecule has 4 fully saturated rings. The van der Waals surface area contributed by atoms with Crippen LogP contribution in [-0.4, -0.2) is 161 Å². The Hall–Kier alpha value is -1.17. The molecule has 0 aromatic heterocycles. The van der Waals surface area contributed by atoms with Gasteiger partial charge in [0.25, 0.3) is 0 Å². The van der Waals surface area contributed by atoms with E-state index in [2.05, 4.69) is 10.6 Å². The van der Waals surface area contributed by atoms with Gasteiger partial charge in [0.15, 0.2) is 12.6 Å². The molecule has 0 aromatic rings. The van der Waals surface area contributed by atoms with Gasteiger partial charge in [-0.05, 0) is 38.1 Å². The number of aliphatic hydroxyl groups excluding tert-OH is 6. The van der Waals surface area contributed by atoms with Crippen LogP contribution in [0.1, 0.15) is 25.7 Å². The molecule has 2 saturated carbocycles. The highest BCUT2D eigenvalue weighted by Crippen LogP contribution is 2.32. The third-order valence-electron chi connectivity index (χ3n) is 9.04. The van der Waals surface area contributed by atoms with E-state index in [1.165, 1.54) is 0 Å². The second-order valence-corrected chi connectivity index (χ2v) is 12.5. The maximum absolute atomic E-state index is 12.5. The van der Waals surface area contributed by atoms with Crippen LogP contribution in [0.15, 0.2) is 0 Å². The summed E-state index contributed by atoms with van der Waals surface area (Å²) in [5.41, 5.74) is 29.8. The summed E-state index contributed by atoms with van der Waals surface area (Å²) in [6.07, 6.45) is -12.0. The van der Waals surface area contributed by atoms with Crippen LogP contribution in [0.4, 0.5) is 0 Å². The molecule has 2 aliphatic carbocycles. The number of carbonyl (C=O) groups excluding carboxylic acids is 1. The second kappa shape index (κ2) is 15.6. The molecule has 2 heterocycles. The highest BCUT2D eigenvalue weighted by molar-refractivity contribution is 5.81. The van der Waals surface area contributed by atoms with E-state index in [9.17, 15) is 35.4 Å². The molecule has 4 rings (SSSR count). The minimum Gasteiger partial charge on any atom is -0.394 e. The van der Waals surface area contributed by atoms with Crippen molar-refractivity contribution in [3.05, 3.63) is 0 Å². The SMILES string of the molecule is NC[C@H](O)C(=O)N[C@@H]1C[C@H](N)[C@@H](O[C@H]2O[C@H](CNCC3CC(N)C3)[C@@H](O)C[C@H]2N)[C@H](O)[C@H]1O[C@H]1O[C@H](CO)[C@@H](O)[C@H](N)[C@H]1O. The lowest BCUT2D eigenvalue weighted by molar-refractivity contribution is -0.316. The lowest BCUT2D eigenvalue weighted by Crippen LogP contribution is -2.69. The zero-order chi connectivity index (χ0) is 32.3. The molecule has 18 N–H and O–H groups in total. The van der Waals surface area contributed by atoms with Crippen molar-refractivity contribution in [2.75, 3.05) is 26.2 Å². The summed E-state index contributed by atoms with van der Waals surface area (Å²) >= 11 is 0. The molecule has 2 aliphatic heterocycles. The quantitative estimate of drug-likeness (QED) is 0.0944. The van der Waals surface area contributed by atoms with E-state index < -0.39 is 104 Å². The van der Waals surface area contributed by atoms with Gasteiger partial charge in [-0.25, -0.2) is 0 Å². The molecule has 2 saturated heterocycles. The summed E-state index contributed by atoms with van der Waals surface area (Å²) in [7, 11) is 0. The first-order valence-electron chi connectivity index (χ1n) is 15.2. The number of rotatable bonds is 12. The van der Waals surface area contributed by atoms with E-state index in [0.29, 0.717) is 12.5 Å². The topological polar surface area (TPSA) is 330 Å². The molecule has 15 atom stereocenters. The first kappa shape index (κ1) is 35.7. The molecular weight excluding hydrogens is 586 g/mol. The van der Waals surface area contributed by atoms with Crippen LogP contribution < -0.4 is 39.3 Å². The van der Waals surface area contributed by atoms with Gasteiger partial charge in [0, 0.05) is 25.2 Å².